The fourth-order valence-electron chi connectivity index (χ4n) is 2.34. The first-order valence-corrected chi connectivity index (χ1v) is 6.40. The van der Waals surface area contributed by atoms with Gasteiger partial charge in [0.15, 0.2) is 0 Å². The molecule has 0 spiro atoms. The lowest BCUT2D eigenvalue weighted by Crippen LogP contribution is -2.50. The summed E-state index contributed by atoms with van der Waals surface area (Å²) in [5.74, 6) is -0.339. The minimum absolute atomic E-state index is 0.101. The Bertz CT molecular complexity index is 599. The third kappa shape index (κ3) is 2.31. The van der Waals surface area contributed by atoms with E-state index >= 15 is 0 Å². The number of rotatable bonds is 2. The minimum Gasteiger partial charge on any atom is -0.354 e. The topological polar surface area (TPSA) is 74.0 Å². The molecule has 1 aliphatic heterocycles. The van der Waals surface area contributed by atoms with Gasteiger partial charge in [-0.3, -0.25) is 9.59 Å². The molecule has 1 fully saturated rings. The van der Waals surface area contributed by atoms with Crippen LogP contribution in [0.15, 0.2) is 30.3 Å². The van der Waals surface area contributed by atoms with Gasteiger partial charge in [-0.05, 0) is 25.0 Å². The van der Waals surface area contributed by atoms with Crippen LogP contribution in [0, 0.1) is 0 Å². The summed E-state index contributed by atoms with van der Waals surface area (Å²) in [5, 5.41) is 6.50. The molecule has 0 radical (unpaired) electrons. The zero-order chi connectivity index (χ0) is 13.2. The second-order valence-electron chi connectivity index (χ2n) is 4.73. The molecule has 2 heterocycles. The van der Waals surface area contributed by atoms with Gasteiger partial charge in [0.1, 0.15) is 11.7 Å². The molecule has 19 heavy (non-hydrogen) atoms. The number of hydrogen-bond donors (Lipinski definition) is 3. The predicted molar refractivity (Wildman–Crippen MR) is 71.8 cm³/mol. The first kappa shape index (κ1) is 11.8. The van der Waals surface area contributed by atoms with Crippen LogP contribution >= 0.6 is 0 Å². The zero-order valence-corrected chi connectivity index (χ0v) is 10.4. The van der Waals surface area contributed by atoms with Crippen LogP contribution in [0.5, 0.6) is 0 Å². The lowest BCUT2D eigenvalue weighted by atomic mass is 10.1. The molecule has 1 aromatic heterocycles. The molecule has 2 amide bonds. The summed E-state index contributed by atoms with van der Waals surface area (Å²) in [4.78, 5) is 26.8. The number of piperidine rings is 1. The smallest absolute Gasteiger partial charge is 0.268 e. The molecule has 1 atom stereocenters. The number of carbonyl (C=O) groups is 2. The number of benzene rings is 1. The van der Waals surface area contributed by atoms with Gasteiger partial charge in [-0.2, -0.15) is 0 Å². The van der Waals surface area contributed by atoms with Gasteiger partial charge in [-0.1, -0.05) is 18.2 Å². The highest BCUT2D eigenvalue weighted by molar-refractivity contribution is 6.00. The molecule has 2 aromatic rings. The van der Waals surface area contributed by atoms with E-state index in [1.807, 2.05) is 24.3 Å². The quantitative estimate of drug-likeness (QED) is 0.755. The van der Waals surface area contributed by atoms with Gasteiger partial charge >= 0.3 is 0 Å². The number of fused-ring (bicyclic) bond motifs is 1. The van der Waals surface area contributed by atoms with Crippen molar-refractivity contribution in [1.82, 2.24) is 15.6 Å². The molecule has 98 valence electrons. The van der Waals surface area contributed by atoms with Crippen LogP contribution in [0.4, 0.5) is 0 Å². The molecule has 1 saturated heterocycles. The lowest BCUT2D eigenvalue weighted by molar-refractivity contribution is -0.124. The fourth-order valence-corrected chi connectivity index (χ4v) is 2.34. The summed E-state index contributed by atoms with van der Waals surface area (Å²) in [6, 6.07) is 9.06. The Morgan fingerprint density at radius 3 is 2.95 bits per heavy atom. The Morgan fingerprint density at radius 2 is 2.16 bits per heavy atom. The van der Waals surface area contributed by atoms with E-state index in [1.165, 1.54) is 0 Å². The number of aromatic amines is 1. The Balaban J connectivity index is 1.77. The van der Waals surface area contributed by atoms with Gasteiger partial charge in [0.05, 0.1) is 0 Å². The first-order chi connectivity index (χ1) is 9.24. The highest BCUT2D eigenvalue weighted by Gasteiger charge is 2.24. The van der Waals surface area contributed by atoms with E-state index in [4.69, 9.17) is 0 Å². The van der Waals surface area contributed by atoms with Gasteiger partial charge in [-0.25, -0.2) is 0 Å². The average Bonchev–Trinajstić information content (AvgIpc) is 2.85. The van der Waals surface area contributed by atoms with Crippen molar-refractivity contribution in [3.05, 3.63) is 36.0 Å². The maximum Gasteiger partial charge on any atom is 0.268 e. The van der Waals surface area contributed by atoms with Crippen molar-refractivity contribution in [2.75, 3.05) is 6.54 Å². The monoisotopic (exact) mass is 257 g/mol. The van der Waals surface area contributed by atoms with Crippen LogP contribution in [-0.2, 0) is 4.79 Å². The number of amides is 2. The molecular formula is C14H15N3O2. The highest BCUT2D eigenvalue weighted by atomic mass is 16.2. The van der Waals surface area contributed by atoms with E-state index in [2.05, 4.69) is 15.6 Å². The maximum atomic E-state index is 12.1. The Hall–Kier alpha value is -2.30. The van der Waals surface area contributed by atoms with Crippen molar-refractivity contribution < 1.29 is 9.59 Å². The second kappa shape index (κ2) is 4.76. The van der Waals surface area contributed by atoms with E-state index in [0.717, 1.165) is 17.3 Å². The van der Waals surface area contributed by atoms with Crippen LogP contribution in [0.25, 0.3) is 10.9 Å². The van der Waals surface area contributed by atoms with Crippen molar-refractivity contribution in [3.63, 3.8) is 0 Å². The van der Waals surface area contributed by atoms with Crippen molar-refractivity contribution in [2.45, 2.75) is 18.9 Å². The van der Waals surface area contributed by atoms with E-state index in [-0.39, 0.29) is 11.8 Å². The summed E-state index contributed by atoms with van der Waals surface area (Å²) >= 11 is 0. The summed E-state index contributed by atoms with van der Waals surface area (Å²) in [5.41, 5.74) is 1.40. The number of hydrogen-bond acceptors (Lipinski definition) is 2. The van der Waals surface area contributed by atoms with Crippen molar-refractivity contribution in [1.29, 1.82) is 0 Å². The van der Waals surface area contributed by atoms with Gasteiger partial charge in [0.2, 0.25) is 5.91 Å². The summed E-state index contributed by atoms with van der Waals surface area (Å²) in [7, 11) is 0. The van der Waals surface area contributed by atoms with Crippen LogP contribution in [0.2, 0.25) is 0 Å². The van der Waals surface area contributed by atoms with Crippen molar-refractivity contribution in [2.24, 2.45) is 0 Å². The molecule has 0 bridgehead atoms. The van der Waals surface area contributed by atoms with Gasteiger partial charge < -0.3 is 15.6 Å². The average molecular weight is 257 g/mol. The maximum absolute atomic E-state index is 12.1. The van der Waals surface area contributed by atoms with Crippen molar-refractivity contribution in [3.8, 4) is 0 Å². The molecule has 0 aliphatic carbocycles. The molecule has 0 unspecified atom stereocenters. The van der Waals surface area contributed by atoms with Crippen LogP contribution in [-0.4, -0.2) is 29.4 Å². The standard InChI is InChI=1S/C14H15N3O2/c18-13-11(6-3-7-15-13)17-14(19)12-8-9-4-1-2-5-10(9)16-12/h1-2,4-5,8,11,16H,3,6-7H2,(H,15,18)(H,17,19)/t11-/m0/s1. The molecular weight excluding hydrogens is 242 g/mol. The lowest BCUT2D eigenvalue weighted by Gasteiger charge is -2.22. The van der Waals surface area contributed by atoms with Crippen LogP contribution in [0.1, 0.15) is 23.3 Å². The summed E-state index contributed by atoms with van der Waals surface area (Å²) in [6.07, 6.45) is 1.58. The minimum atomic E-state index is -0.423. The van der Waals surface area contributed by atoms with Gasteiger partial charge in [0, 0.05) is 17.4 Å². The summed E-state index contributed by atoms with van der Waals surface area (Å²) in [6.45, 7) is 0.692. The third-order valence-electron chi connectivity index (χ3n) is 3.37. The van der Waals surface area contributed by atoms with Crippen LogP contribution in [0.3, 0.4) is 0 Å². The molecule has 1 aliphatic rings. The third-order valence-corrected chi connectivity index (χ3v) is 3.37. The number of carbonyl (C=O) groups excluding carboxylic acids is 2. The highest BCUT2D eigenvalue weighted by Crippen LogP contribution is 2.15. The first-order valence-electron chi connectivity index (χ1n) is 6.40. The molecule has 5 heteroatoms. The number of para-hydroxylation sites is 1. The summed E-state index contributed by atoms with van der Waals surface area (Å²) < 4.78 is 0. The van der Waals surface area contributed by atoms with Gasteiger partial charge in [-0.15, -0.1) is 0 Å². The number of H-pyrrole nitrogens is 1. The molecule has 3 N–H and O–H groups in total. The molecule has 1 aromatic carbocycles. The molecule has 5 nitrogen and oxygen atoms in total. The molecule has 0 saturated carbocycles. The second-order valence-corrected chi connectivity index (χ2v) is 4.73. The Morgan fingerprint density at radius 1 is 1.32 bits per heavy atom. The Kier molecular flexibility index (Phi) is 2.95. The number of nitrogens with one attached hydrogen (secondary N) is 3. The SMILES string of the molecule is O=C(N[C@H]1CCCNC1=O)c1cc2ccccc2[nH]1. The Labute approximate surface area is 110 Å². The van der Waals surface area contributed by atoms with Gasteiger partial charge in [0.25, 0.3) is 5.91 Å². The zero-order valence-electron chi connectivity index (χ0n) is 10.4. The van der Waals surface area contributed by atoms with Crippen molar-refractivity contribution >= 4 is 22.7 Å². The van der Waals surface area contributed by atoms with E-state index in [9.17, 15) is 9.59 Å². The van der Waals surface area contributed by atoms with E-state index < -0.39 is 6.04 Å². The number of aromatic nitrogens is 1. The fraction of sp³-hybridized carbons (Fsp3) is 0.286. The van der Waals surface area contributed by atoms with E-state index in [1.54, 1.807) is 6.07 Å². The van der Waals surface area contributed by atoms with E-state index in [0.29, 0.717) is 18.7 Å². The predicted octanol–water partition coefficient (Wildman–Crippen LogP) is 1.18. The molecule has 3 rings (SSSR count). The normalized spacial score (nSPS) is 19.2. The largest absolute Gasteiger partial charge is 0.354 e. The van der Waals surface area contributed by atoms with Crippen LogP contribution < -0.4 is 10.6 Å².